The van der Waals surface area contributed by atoms with Crippen LogP contribution in [0, 0.1) is 6.92 Å². The molecule has 0 radical (unpaired) electrons. The molecule has 0 saturated heterocycles. The molecule has 0 aromatic heterocycles. The summed E-state index contributed by atoms with van der Waals surface area (Å²) in [6.07, 6.45) is 1.03. The fourth-order valence-corrected chi connectivity index (χ4v) is 3.15. The molecule has 0 aliphatic rings. The molecular weight excluding hydrogens is 334 g/mol. The number of nitrogens with one attached hydrogen (secondary N) is 1. The van der Waals surface area contributed by atoms with Crippen LogP contribution in [0.15, 0.2) is 21.1 Å². The van der Waals surface area contributed by atoms with Gasteiger partial charge in [-0.3, -0.25) is 0 Å². The largest absolute Gasteiger partial charge is 0.383 e. The van der Waals surface area contributed by atoms with Crippen LogP contribution in [0.5, 0.6) is 0 Å². The van der Waals surface area contributed by atoms with Gasteiger partial charge in [0.25, 0.3) is 0 Å². The van der Waals surface area contributed by atoms with Crippen LogP contribution in [-0.2, 0) is 4.74 Å². The average molecular weight is 351 g/mol. The van der Waals surface area contributed by atoms with Crippen molar-refractivity contribution in [3.05, 3.63) is 26.6 Å². The van der Waals surface area contributed by atoms with Gasteiger partial charge in [-0.1, -0.05) is 6.92 Å². The number of benzene rings is 1. The molecule has 0 spiro atoms. The van der Waals surface area contributed by atoms with E-state index in [4.69, 9.17) is 4.74 Å². The highest BCUT2D eigenvalue weighted by Gasteiger charge is 2.11. The van der Waals surface area contributed by atoms with Crippen LogP contribution in [0.4, 0.5) is 5.69 Å². The van der Waals surface area contributed by atoms with E-state index >= 15 is 0 Å². The molecular formula is C12H17Br2NO. The first-order valence-corrected chi connectivity index (χ1v) is 6.88. The second-order valence-electron chi connectivity index (χ2n) is 3.81. The highest BCUT2D eigenvalue weighted by Crippen LogP contribution is 2.33. The third-order valence-electron chi connectivity index (χ3n) is 2.40. The van der Waals surface area contributed by atoms with Gasteiger partial charge in [-0.2, -0.15) is 0 Å². The lowest BCUT2D eigenvalue weighted by atomic mass is 10.2. The second kappa shape index (κ2) is 6.62. The molecule has 1 atom stereocenters. The van der Waals surface area contributed by atoms with Crippen molar-refractivity contribution in [2.24, 2.45) is 0 Å². The second-order valence-corrected chi connectivity index (χ2v) is 5.52. The lowest BCUT2D eigenvalue weighted by molar-refractivity contribution is 0.184. The van der Waals surface area contributed by atoms with Crippen LogP contribution in [0.3, 0.4) is 0 Å². The molecule has 1 rings (SSSR count). The van der Waals surface area contributed by atoms with Crippen molar-refractivity contribution in [1.82, 2.24) is 0 Å². The maximum atomic E-state index is 5.18. The van der Waals surface area contributed by atoms with E-state index in [1.807, 2.05) is 0 Å². The number of hydrogen-bond acceptors (Lipinski definition) is 2. The zero-order valence-electron chi connectivity index (χ0n) is 9.81. The Morgan fingerprint density at radius 3 is 2.31 bits per heavy atom. The summed E-state index contributed by atoms with van der Waals surface area (Å²) in [7, 11) is 1.73. The normalized spacial score (nSPS) is 12.6. The van der Waals surface area contributed by atoms with Gasteiger partial charge in [0, 0.05) is 22.1 Å². The number of rotatable bonds is 5. The maximum absolute atomic E-state index is 5.18. The Balaban J connectivity index is 2.87. The van der Waals surface area contributed by atoms with Gasteiger partial charge in [0.15, 0.2) is 0 Å². The van der Waals surface area contributed by atoms with Crippen molar-refractivity contribution in [1.29, 1.82) is 0 Å². The van der Waals surface area contributed by atoms with Crippen LogP contribution < -0.4 is 5.32 Å². The Labute approximate surface area is 114 Å². The number of ether oxygens (including phenoxy) is 1. The van der Waals surface area contributed by atoms with Crippen LogP contribution in [-0.4, -0.2) is 19.8 Å². The molecule has 16 heavy (non-hydrogen) atoms. The first-order chi connectivity index (χ1) is 7.58. The van der Waals surface area contributed by atoms with E-state index in [-0.39, 0.29) is 0 Å². The first kappa shape index (κ1) is 14.0. The van der Waals surface area contributed by atoms with Gasteiger partial charge in [0.05, 0.1) is 12.3 Å². The van der Waals surface area contributed by atoms with Gasteiger partial charge in [0.2, 0.25) is 0 Å². The number of halogens is 2. The molecule has 0 fully saturated rings. The molecule has 2 nitrogen and oxygen atoms in total. The van der Waals surface area contributed by atoms with Crippen molar-refractivity contribution >= 4 is 37.5 Å². The zero-order valence-corrected chi connectivity index (χ0v) is 13.0. The third kappa shape index (κ3) is 3.75. The van der Waals surface area contributed by atoms with E-state index in [0.717, 1.165) is 21.1 Å². The lowest BCUT2D eigenvalue weighted by Gasteiger charge is -2.19. The summed E-state index contributed by atoms with van der Waals surface area (Å²) >= 11 is 7.15. The molecule has 1 aromatic rings. The van der Waals surface area contributed by atoms with Gasteiger partial charge < -0.3 is 10.1 Å². The third-order valence-corrected chi connectivity index (χ3v) is 3.65. The van der Waals surface area contributed by atoms with Crippen molar-refractivity contribution in [3.63, 3.8) is 0 Å². The molecule has 0 aliphatic carbocycles. The van der Waals surface area contributed by atoms with Crippen LogP contribution in [0.2, 0.25) is 0 Å². The number of aryl methyl sites for hydroxylation is 1. The Morgan fingerprint density at radius 1 is 1.31 bits per heavy atom. The summed E-state index contributed by atoms with van der Waals surface area (Å²) in [5, 5.41) is 3.47. The monoisotopic (exact) mass is 349 g/mol. The summed E-state index contributed by atoms with van der Waals surface area (Å²) in [5.74, 6) is 0. The lowest BCUT2D eigenvalue weighted by Crippen LogP contribution is -2.24. The minimum absolute atomic E-state index is 0.334. The summed E-state index contributed by atoms with van der Waals surface area (Å²) in [6, 6.07) is 4.54. The van der Waals surface area contributed by atoms with Gasteiger partial charge in [-0.05, 0) is 62.9 Å². The van der Waals surface area contributed by atoms with Gasteiger partial charge >= 0.3 is 0 Å². The van der Waals surface area contributed by atoms with E-state index in [0.29, 0.717) is 12.6 Å². The molecule has 0 amide bonds. The maximum Gasteiger partial charge on any atom is 0.0663 e. The minimum atomic E-state index is 0.334. The highest BCUT2D eigenvalue weighted by atomic mass is 79.9. The Bertz CT molecular complexity index is 332. The van der Waals surface area contributed by atoms with Crippen molar-refractivity contribution < 1.29 is 4.74 Å². The highest BCUT2D eigenvalue weighted by molar-refractivity contribution is 9.11. The fourth-order valence-electron chi connectivity index (χ4n) is 1.50. The van der Waals surface area contributed by atoms with E-state index in [9.17, 15) is 0 Å². The summed E-state index contributed by atoms with van der Waals surface area (Å²) in [5.41, 5.74) is 2.32. The Kier molecular flexibility index (Phi) is 5.79. The molecule has 0 bridgehead atoms. The van der Waals surface area contributed by atoms with Crippen molar-refractivity contribution in [2.75, 3.05) is 19.0 Å². The number of anilines is 1. The molecule has 4 heteroatoms. The summed E-state index contributed by atoms with van der Waals surface area (Å²) < 4.78 is 7.33. The van der Waals surface area contributed by atoms with Gasteiger partial charge in [-0.25, -0.2) is 0 Å². The minimum Gasteiger partial charge on any atom is -0.383 e. The quantitative estimate of drug-likeness (QED) is 0.851. The van der Waals surface area contributed by atoms with Gasteiger partial charge in [0.1, 0.15) is 0 Å². The Hall–Kier alpha value is -0.0600. The average Bonchev–Trinajstić information content (AvgIpc) is 2.21. The standard InChI is InChI=1S/C12H17Br2NO/c1-4-9(7-16-3)15-12-10(13)5-8(2)6-11(12)14/h5-6,9,15H,4,7H2,1-3H3. The molecule has 1 unspecified atom stereocenters. The predicted molar refractivity (Wildman–Crippen MR) is 76.2 cm³/mol. The van der Waals surface area contributed by atoms with Crippen LogP contribution in [0.25, 0.3) is 0 Å². The summed E-state index contributed by atoms with van der Waals surface area (Å²) in [4.78, 5) is 0. The van der Waals surface area contributed by atoms with Gasteiger partial charge in [-0.15, -0.1) is 0 Å². The fraction of sp³-hybridized carbons (Fsp3) is 0.500. The SMILES string of the molecule is CCC(COC)Nc1c(Br)cc(C)cc1Br. The summed E-state index contributed by atoms with van der Waals surface area (Å²) in [6.45, 7) is 4.93. The molecule has 0 aliphatic heterocycles. The van der Waals surface area contributed by atoms with E-state index in [1.54, 1.807) is 7.11 Å². The van der Waals surface area contributed by atoms with Crippen LogP contribution >= 0.6 is 31.9 Å². The molecule has 1 aromatic carbocycles. The molecule has 90 valence electrons. The van der Waals surface area contributed by atoms with E-state index < -0.39 is 0 Å². The smallest absolute Gasteiger partial charge is 0.0663 e. The topological polar surface area (TPSA) is 21.3 Å². The van der Waals surface area contributed by atoms with Crippen LogP contribution in [0.1, 0.15) is 18.9 Å². The van der Waals surface area contributed by atoms with E-state index in [2.05, 4.69) is 63.2 Å². The van der Waals surface area contributed by atoms with Crippen molar-refractivity contribution in [2.45, 2.75) is 26.3 Å². The van der Waals surface area contributed by atoms with Crippen molar-refractivity contribution in [3.8, 4) is 0 Å². The Morgan fingerprint density at radius 2 is 1.88 bits per heavy atom. The number of methoxy groups -OCH3 is 1. The molecule has 0 heterocycles. The number of hydrogen-bond donors (Lipinski definition) is 1. The predicted octanol–water partition coefficient (Wildman–Crippen LogP) is 4.36. The molecule has 0 saturated carbocycles. The zero-order chi connectivity index (χ0) is 12.1. The first-order valence-electron chi connectivity index (χ1n) is 5.29. The van der Waals surface area contributed by atoms with E-state index in [1.165, 1.54) is 5.56 Å². The molecule has 1 N–H and O–H groups in total.